The van der Waals surface area contributed by atoms with E-state index < -0.39 is 6.67 Å². The van der Waals surface area contributed by atoms with Crippen LogP contribution in [0.1, 0.15) is 10.9 Å². The molecule has 1 unspecified atom stereocenters. The Balaban J connectivity index is 2.10. The quantitative estimate of drug-likeness (QED) is 0.858. The second-order valence-corrected chi connectivity index (χ2v) is 4.04. The van der Waals surface area contributed by atoms with E-state index in [0.717, 1.165) is 10.6 Å². The number of para-hydroxylation sites is 1. The van der Waals surface area contributed by atoms with Gasteiger partial charge in [-0.15, -0.1) is 11.3 Å². The highest BCUT2D eigenvalue weighted by atomic mass is 32.1. The highest BCUT2D eigenvalue weighted by Crippen LogP contribution is 2.22. The van der Waals surface area contributed by atoms with Gasteiger partial charge in [-0.1, -0.05) is 18.2 Å². The molecule has 1 N–H and O–H groups in total. The molecule has 1 aromatic heterocycles. The maximum absolute atomic E-state index is 12.8. The van der Waals surface area contributed by atoms with E-state index in [1.165, 1.54) is 11.3 Å². The Kier molecular flexibility index (Phi) is 3.29. The lowest BCUT2D eigenvalue weighted by molar-refractivity contribution is 0.456. The zero-order chi connectivity index (χ0) is 10.5. The Bertz CT molecular complexity index is 388. The number of hydrogen-bond donors (Lipinski definition) is 1. The first-order valence-corrected chi connectivity index (χ1v) is 5.54. The van der Waals surface area contributed by atoms with Gasteiger partial charge in [0, 0.05) is 16.8 Å². The Morgan fingerprint density at radius 3 is 2.73 bits per heavy atom. The molecule has 2 nitrogen and oxygen atoms in total. The van der Waals surface area contributed by atoms with Crippen LogP contribution >= 0.6 is 11.3 Å². The van der Waals surface area contributed by atoms with Crippen LogP contribution in [0.25, 0.3) is 0 Å². The van der Waals surface area contributed by atoms with Crippen molar-refractivity contribution in [2.24, 2.45) is 0 Å². The third kappa shape index (κ3) is 2.53. The summed E-state index contributed by atoms with van der Waals surface area (Å²) in [7, 11) is 0. The molecule has 0 bridgehead atoms. The molecule has 1 heterocycles. The summed E-state index contributed by atoms with van der Waals surface area (Å²) >= 11 is 1.46. The lowest BCUT2D eigenvalue weighted by atomic mass is 10.2. The second kappa shape index (κ2) is 4.89. The molecule has 0 aliphatic rings. The van der Waals surface area contributed by atoms with Crippen LogP contribution in [0, 0.1) is 0 Å². The second-order valence-electron chi connectivity index (χ2n) is 3.12. The van der Waals surface area contributed by atoms with Gasteiger partial charge in [0.1, 0.15) is 6.67 Å². The number of nitrogens with one attached hydrogen (secondary N) is 1. The highest BCUT2D eigenvalue weighted by molar-refractivity contribution is 7.09. The standard InChI is InChI=1S/C11H11FN2S/c12-6-10(11-7-13-8-15-11)14-9-4-2-1-3-5-9/h1-5,7-8,10,14H,6H2. The minimum absolute atomic E-state index is 0.292. The first kappa shape index (κ1) is 10.1. The maximum Gasteiger partial charge on any atom is 0.115 e. The SMILES string of the molecule is FCC(Nc1ccccc1)c1cncs1. The average molecular weight is 222 g/mol. The van der Waals surface area contributed by atoms with E-state index >= 15 is 0 Å². The van der Waals surface area contributed by atoms with E-state index in [4.69, 9.17) is 0 Å². The molecule has 0 aliphatic carbocycles. The molecule has 1 aromatic carbocycles. The highest BCUT2D eigenvalue weighted by Gasteiger charge is 2.12. The Morgan fingerprint density at radius 2 is 2.13 bits per heavy atom. The number of nitrogens with zero attached hydrogens (tertiary/aromatic N) is 1. The molecule has 0 radical (unpaired) electrons. The van der Waals surface area contributed by atoms with Crippen molar-refractivity contribution < 1.29 is 4.39 Å². The number of benzene rings is 1. The van der Waals surface area contributed by atoms with Crippen LogP contribution in [-0.4, -0.2) is 11.7 Å². The predicted molar refractivity (Wildman–Crippen MR) is 60.9 cm³/mol. The van der Waals surface area contributed by atoms with E-state index in [1.54, 1.807) is 11.7 Å². The molecular weight excluding hydrogens is 211 g/mol. The molecule has 0 saturated carbocycles. The molecule has 1 atom stereocenters. The Hall–Kier alpha value is -1.42. The molecule has 2 aromatic rings. The van der Waals surface area contributed by atoms with Gasteiger partial charge in [0.15, 0.2) is 0 Å². The lowest BCUT2D eigenvalue weighted by Gasteiger charge is -2.14. The lowest BCUT2D eigenvalue weighted by Crippen LogP contribution is -2.11. The fraction of sp³-hybridized carbons (Fsp3) is 0.182. The molecular formula is C11H11FN2S. The minimum Gasteiger partial charge on any atom is -0.375 e. The molecule has 0 aliphatic heterocycles. The molecule has 0 amide bonds. The molecule has 0 saturated heterocycles. The molecule has 2 rings (SSSR count). The summed E-state index contributed by atoms with van der Waals surface area (Å²) in [6, 6.07) is 9.32. The number of rotatable bonds is 4. The molecule has 78 valence electrons. The van der Waals surface area contributed by atoms with Crippen molar-refractivity contribution in [3.05, 3.63) is 46.9 Å². The van der Waals surface area contributed by atoms with Crippen molar-refractivity contribution in [1.29, 1.82) is 0 Å². The molecule has 0 spiro atoms. The largest absolute Gasteiger partial charge is 0.375 e. The van der Waals surface area contributed by atoms with E-state index in [1.807, 2.05) is 30.3 Å². The summed E-state index contributed by atoms with van der Waals surface area (Å²) in [5.41, 5.74) is 2.64. The summed E-state index contributed by atoms with van der Waals surface area (Å²) in [4.78, 5) is 4.86. The van der Waals surface area contributed by atoms with Crippen LogP contribution in [-0.2, 0) is 0 Å². The van der Waals surface area contributed by atoms with Gasteiger partial charge in [-0.2, -0.15) is 0 Å². The van der Waals surface area contributed by atoms with Crippen molar-refractivity contribution in [2.75, 3.05) is 12.0 Å². The van der Waals surface area contributed by atoms with E-state index in [2.05, 4.69) is 10.3 Å². The van der Waals surface area contributed by atoms with Gasteiger partial charge in [0.05, 0.1) is 11.6 Å². The number of alkyl halides is 1. The smallest absolute Gasteiger partial charge is 0.115 e. The number of thiazole rings is 1. The van der Waals surface area contributed by atoms with E-state index in [-0.39, 0.29) is 6.04 Å². The topological polar surface area (TPSA) is 24.9 Å². The molecule has 4 heteroatoms. The van der Waals surface area contributed by atoms with Gasteiger partial charge in [-0.05, 0) is 12.1 Å². The number of anilines is 1. The van der Waals surface area contributed by atoms with Crippen LogP contribution in [0.15, 0.2) is 42.0 Å². The van der Waals surface area contributed by atoms with Crippen LogP contribution in [0.5, 0.6) is 0 Å². The van der Waals surface area contributed by atoms with Gasteiger partial charge < -0.3 is 5.32 Å². The van der Waals surface area contributed by atoms with Gasteiger partial charge in [0.25, 0.3) is 0 Å². The summed E-state index contributed by atoms with van der Waals surface area (Å²) in [6.07, 6.45) is 1.70. The van der Waals surface area contributed by atoms with E-state index in [0.29, 0.717) is 0 Å². The summed E-state index contributed by atoms with van der Waals surface area (Å²) in [5, 5.41) is 3.13. The number of hydrogen-bond acceptors (Lipinski definition) is 3. The zero-order valence-corrected chi connectivity index (χ0v) is 8.88. The van der Waals surface area contributed by atoms with Crippen molar-refractivity contribution in [3.63, 3.8) is 0 Å². The van der Waals surface area contributed by atoms with E-state index in [9.17, 15) is 4.39 Å². The maximum atomic E-state index is 12.8. The Labute approximate surface area is 91.8 Å². The van der Waals surface area contributed by atoms with Crippen LogP contribution in [0.3, 0.4) is 0 Å². The summed E-state index contributed by atoms with van der Waals surface area (Å²) < 4.78 is 12.8. The van der Waals surface area contributed by atoms with Crippen molar-refractivity contribution in [2.45, 2.75) is 6.04 Å². The Morgan fingerprint density at radius 1 is 1.33 bits per heavy atom. The molecule has 0 fully saturated rings. The third-order valence-corrected chi connectivity index (χ3v) is 2.95. The predicted octanol–water partition coefficient (Wildman–Crippen LogP) is 3.27. The van der Waals surface area contributed by atoms with Gasteiger partial charge >= 0.3 is 0 Å². The van der Waals surface area contributed by atoms with Gasteiger partial charge in [-0.25, -0.2) is 4.39 Å². The van der Waals surface area contributed by atoms with Crippen LogP contribution < -0.4 is 5.32 Å². The number of halogens is 1. The first-order valence-electron chi connectivity index (χ1n) is 4.66. The monoisotopic (exact) mass is 222 g/mol. The fourth-order valence-electron chi connectivity index (χ4n) is 1.32. The average Bonchev–Trinajstić information content (AvgIpc) is 2.81. The third-order valence-electron chi connectivity index (χ3n) is 2.06. The molecule has 15 heavy (non-hydrogen) atoms. The van der Waals surface area contributed by atoms with Crippen molar-refractivity contribution in [3.8, 4) is 0 Å². The van der Waals surface area contributed by atoms with Crippen LogP contribution in [0.4, 0.5) is 10.1 Å². The normalized spacial score (nSPS) is 12.3. The summed E-state index contributed by atoms with van der Waals surface area (Å²) in [5.74, 6) is 0. The summed E-state index contributed by atoms with van der Waals surface area (Å²) in [6.45, 7) is -0.433. The fourth-order valence-corrected chi connectivity index (χ4v) is 1.97. The van der Waals surface area contributed by atoms with Gasteiger partial charge in [0.2, 0.25) is 0 Å². The van der Waals surface area contributed by atoms with Crippen molar-refractivity contribution >= 4 is 17.0 Å². The minimum atomic E-state index is -0.433. The first-order chi connectivity index (χ1) is 7.40. The number of aromatic nitrogens is 1. The van der Waals surface area contributed by atoms with Crippen molar-refractivity contribution in [1.82, 2.24) is 4.98 Å². The zero-order valence-electron chi connectivity index (χ0n) is 8.06. The van der Waals surface area contributed by atoms with Crippen LogP contribution in [0.2, 0.25) is 0 Å². The van der Waals surface area contributed by atoms with Gasteiger partial charge in [-0.3, -0.25) is 4.98 Å².